The minimum atomic E-state index is -0.931. The Morgan fingerprint density at radius 2 is 1.80 bits per heavy atom. The molecule has 1 aliphatic rings. The van der Waals surface area contributed by atoms with Crippen LogP contribution in [0.3, 0.4) is 0 Å². The summed E-state index contributed by atoms with van der Waals surface area (Å²) in [6, 6.07) is 6.94. The molecule has 2 rings (SSSR count). The van der Waals surface area contributed by atoms with E-state index in [0.717, 1.165) is 18.5 Å². The number of carboxylic acid groups (broad SMARTS) is 1. The van der Waals surface area contributed by atoms with E-state index in [1.165, 1.54) is 19.3 Å². The largest absolute Gasteiger partial charge is 0.478 e. The van der Waals surface area contributed by atoms with Gasteiger partial charge in [0.1, 0.15) is 0 Å². The van der Waals surface area contributed by atoms with Crippen LogP contribution in [0.2, 0.25) is 0 Å². The number of rotatable bonds is 4. The van der Waals surface area contributed by atoms with Gasteiger partial charge in [0, 0.05) is 6.04 Å². The van der Waals surface area contributed by atoms with Crippen LogP contribution >= 0.6 is 12.2 Å². The molecular formula is C14H19N3O2S. The van der Waals surface area contributed by atoms with Crippen molar-refractivity contribution in [3.63, 3.8) is 0 Å². The predicted octanol–water partition coefficient (Wildman–Crippen LogP) is 2.51. The molecule has 0 radical (unpaired) electrons. The average Bonchev–Trinajstić information content (AvgIpc) is 2.46. The fraction of sp³-hybridized carbons (Fsp3) is 0.429. The normalized spacial score (nSPS) is 15.4. The Bertz CT molecular complexity index is 470. The van der Waals surface area contributed by atoms with Gasteiger partial charge in [0.25, 0.3) is 0 Å². The van der Waals surface area contributed by atoms with Gasteiger partial charge in [-0.05, 0) is 49.3 Å². The van der Waals surface area contributed by atoms with Gasteiger partial charge in [-0.3, -0.25) is 10.9 Å². The first-order valence-corrected chi connectivity index (χ1v) is 7.22. The van der Waals surface area contributed by atoms with Crippen molar-refractivity contribution in [3.05, 3.63) is 29.8 Å². The highest BCUT2D eigenvalue weighted by atomic mass is 32.1. The summed E-state index contributed by atoms with van der Waals surface area (Å²) in [5.74, 6) is -0.931. The Hall–Kier alpha value is -1.82. The maximum Gasteiger partial charge on any atom is 0.335 e. The number of anilines is 1. The quantitative estimate of drug-likeness (QED) is 0.505. The number of thiocarbonyl (C=S) groups is 1. The molecule has 0 aliphatic heterocycles. The third-order valence-electron chi connectivity index (χ3n) is 3.39. The van der Waals surface area contributed by atoms with Crippen LogP contribution in [0.25, 0.3) is 0 Å². The second kappa shape index (κ2) is 7.09. The summed E-state index contributed by atoms with van der Waals surface area (Å²) in [6.45, 7) is 0. The lowest BCUT2D eigenvalue weighted by molar-refractivity contribution is 0.0697. The summed E-state index contributed by atoms with van der Waals surface area (Å²) in [4.78, 5) is 10.7. The summed E-state index contributed by atoms with van der Waals surface area (Å²) in [5.41, 5.74) is 6.90. The zero-order valence-corrected chi connectivity index (χ0v) is 12.0. The molecule has 6 heteroatoms. The topological polar surface area (TPSA) is 73.4 Å². The second-order valence-corrected chi connectivity index (χ2v) is 5.35. The molecule has 0 spiro atoms. The third kappa shape index (κ3) is 4.38. The number of hydrazine groups is 1. The molecule has 1 aromatic carbocycles. The summed E-state index contributed by atoms with van der Waals surface area (Å²) in [5, 5.41) is 12.7. The number of carboxylic acids is 1. The molecule has 5 nitrogen and oxygen atoms in total. The maximum absolute atomic E-state index is 10.7. The molecule has 108 valence electrons. The first kappa shape index (κ1) is 14.6. The van der Waals surface area contributed by atoms with Crippen molar-refractivity contribution in [2.24, 2.45) is 0 Å². The molecule has 4 N–H and O–H groups in total. The summed E-state index contributed by atoms with van der Waals surface area (Å²) < 4.78 is 0. The smallest absolute Gasteiger partial charge is 0.335 e. The van der Waals surface area contributed by atoms with Crippen LogP contribution in [0, 0.1) is 0 Å². The van der Waals surface area contributed by atoms with E-state index in [9.17, 15) is 4.79 Å². The number of hydrogen-bond acceptors (Lipinski definition) is 3. The van der Waals surface area contributed by atoms with E-state index in [-0.39, 0.29) is 5.56 Å². The number of benzene rings is 1. The first-order valence-electron chi connectivity index (χ1n) is 6.81. The monoisotopic (exact) mass is 293 g/mol. The molecule has 0 unspecified atom stereocenters. The van der Waals surface area contributed by atoms with Gasteiger partial charge in [0.05, 0.1) is 11.3 Å². The molecule has 1 saturated carbocycles. The van der Waals surface area contributed by atoms with Gasteiger partial charge in [-0.2, -0.15) is 0 Å². The van der Waals surface area contributed by atoms with Gasteiger partial charge in [-0.15, -0.1) is 0 Å². The van der Waals surface area contributed by atoms with Crippen molar-refractivity contribution in [1.29, 1.82) is 0 Å². The zero-order chi connectivity index (χ0) is 14.4. The van der Waals surface area contributed by atoms with Crippen LogP contribution in [-0.2, 0) is 0 Å². The van der Waals surface area contributed by atoms with E-state index in [0.29, 0.717) is 11.2 Å². The van der Waals surface area contributed by atoms with Gasteiger partial charge in [-0.25, -0.2) is 4.79 Å². The van der Waals surface area contributed by atoms with Crippen molar-refractivity contribution in [3.8, 4) is 0 Å². The Morgan fingerprint density at radius 1 is 1.15 bits per heavy atom. The van der Waals surface area contributed by atoms with Gasteiger partial charge < -0.3 is 10.4 Å². The lowest BCUT2D eigenvalue weighted by atomic mass is 9.96. The zero-order valence-electron chi connectivity index (χ0n) is 11.2. The van der Waals surface area contributed by atoms with Crippen molar-refractivity contribution in [1.82, 2.24) is 10.7 Å². The van der Waals surface area contributed by atoms with Crippen LogP contribution in [0.4, 0.5) is 5.69 Å². The fourth-order valence-electron chi connectivity index (χ4n) is 2.29. The molecule has 1 aromatic rings. The van der Waals surface area contributed by atoms with E-state index in [2.05, 4.69) is 16.2 Å². The predicted molar refractivity (Wildman–Crippen MR) is 82.8 cm³/mol. The number of hydrogen-bond donors (Lipinski definition) is 4. The van der Waals surface area contributed by atoms with Crippen LogP contribution < -0.4 is 16.2 Å². The van der Waals surface area contributed by atoms with Gasteiger partial charge >= 0.3 is 5.97 Å². The number of aromatic carboxylic acids is 1. The molecule has 1 fully saturated rings. The van der Waals surface area contributed by atoms with E-state index in [1.807, 2.05) is 0 Å². The van der Waals surface area contributed by atoms with Crippen LogP contribution in [0.1, 0.15) is 42.5 Å². The van der Waals surface area contributed by atoms with E-state index >= 15 is 0 Å². The highest BCUT2D eigenvalue weighted by molar-refractivity contribution is 7.80. The molecule has 1 aliphatic carbocycles. The van der Waals surface area contributed by atoms with Crippen molar-refractivity contribution < 1.29 is 9.90 Å². The standard InChI is InChI=1S/C14H19N3O2S/c18-13(19)10-6-8-12(9-7-10)16-17-14(20)15-11-4-2-1-3-5-11/h6-9,11,16H,1-5H2,(H,18,19)(H2,15,17,20). The van der Waals surface area contributed by atoms with Crippen molar-refractivity contribution in [2.75, 3.05) is 5.43 Å². The molecular weight excluding hydrogens is 274 g/mol. The SMILES string of the molecule is O=C(O)c1ccc(NNC(=S)NC2CCCCC2)cc1. The Balaban J connectivity index is 1.76. The highest BCUT2D eigenvalue weighted by Crippen LogP contribution is 2.17. The van der Waals surface area contributed by atoms with Crippen LogP contribution in [0.5, 0.6) is 0 Å². The average molecular weight is 293 g/mol. The van der Waals surface area contributed by atoms with Crippen molar-refractivity contribution in [2.45, 2.75) is 38.1 Å². The molecule has 0 atom stereocenters. The molecule has 0 heterocycles. The van der Waals surface area contributed by atoms with Gasteiger partial charge in [-0.1, -0.05) is 19.3 Å². The number of carbonyl (C=O) groups is 1. The lowest BCUT2D eigenvalue weighted by Crippen LogP contribution is -2.44. The Kier molecular flexibility index (Phi) is 5.17. The first-order chi connectivity index (χ1) is 9.65. The lowest BCUT2D eigenvalue weighted by Gasteiger charge is -2.24. The van der Waals surface area contributed by atoms with Gasteiger partial charge in [0.2, 0.25) is 0 Å². The Labute approximate surface area is 123 Å². The maximum atomic E-state index is 10.7. The van der Waals surface area contributed by atoms with Gasteiger partial charge in [0.15, 0.2) is 5.11 Å². The molecule has 0 bridgehead atoms. The fourth-order valence-corrected chi connectivity index (χ4v) is 2.51. The summed E-state index contributed by atoms with van der Waals surface area (Å²) >= 11 is 5.22. The summed E-state index contributed by atoms with van der Waals surface area (Å²) in [7, 11) is 0. The van der Waals surface area contributed by atoms with Crippen molar-refractivity contribution >= 4 is 29.0 Å². The van der Waals surface area contributed by atoms with Crippen LogP contribution in [-0.4, -0.2) is 22.2 Å². The molecule has 0 aromatic heterocycles. The van der Waals surface area contributed by atoms with E-state index in [4.69, 9.17) is 17.3 Å². The number of nitrogens with one attached hydrogen (secondary N) is 3. The highest BCUT2D eigenvalue weighted by Gasteiger charge is 2.13. The third-order valence-corrected chi connectivity index (χ3v) is 3.61. The minimum absolute atomic E-state index is 0.262. The van der Waals surface area contributed by atoms with E-state index in [1.54, 1.807) is 24.3 Å². The molecule has 0 saturated heterocycles. The molecule has 0 amide bonds. The second-order valence-electron chi connectivity index (χ2n) is 4.94. The summed E-state index contributed by atoms with van der Waals surface area (Å²) in [6.07, 6.45) is 6.14. The van der Waals surface area contributed by atoms with Crippen LogP contribution in [0.15, 0.2) is 24.3 Å². The molecule has 20 heavy (non-hydrogen) atoms. The van der Waals surface area contributed by atoms with E-state index < -0.39 is 5.97 Å². The minimum Gasteiger partial charge on any atom is -0.478 e. The Morgan fingerprint density at radius 3 is 2.40 bits per heavy atom.